The van der Waals surface area contributed by atoms with Crippen LogP contribution in [0, 0.1) is 12.8 Å². The van der Waals surface area contributed by atoms with Crippen molar-refractivity contribution in [2.24, 2.45) is 5.92 Å². The number of carbonyl (C=O) groups excluding carboxylic acids is 1. The molecule has 2 fully saturated rings. The van der Waals surface area contributed by atoms with Crippen molar-refractivity contribution in [3.8, 4) is 0 Å². The van der Waals surface area contributed by atoms with Gasteiger partial charge >= 0.3 is 0 Å². The molecule has 1 aliphatic carbocycles. The highest BCUT2D eigenvalue weighted by atomic mass is 16.5. The SMILES string of the molecule is Cc1nccnc1CCC1COCCN1C(=O)CC1CCCCC1. The van der Waals surface area contributed by atoms with E-state index >= 15 is 0 Å². The van der Waals surface area contributed by atoms with Gasteiger partial charge in [0.15, 0.2) is 0 Å². The summed E-state index contributed by atoms with van der Waals surface area (Å²) in [6, 6.07) is 0.177. The smallest absolute Gasteiger partial charge is 0.223 e. The Morgan fingerprint density at radius 1 is 1.25 bits per heavy atom. The van der Waals surface area contributed by atoms with Crippen LogP contribution < -0.4 is 0 Å². The van der Waals surface area contributed by atoms with E-state index in [1.165, 1.54) is 32.1 Å². The second-order valence-electron chi connectivity index (χ2n) is 7.15. The Morgan fingerprint density at radius 2 is 2.04 bits per heavy atom. The zero-order valence-electron chi connectivity index (χ0n) is 14.7. The first-order chi connectivity index (χ1) is 11.7. The molecule has 0 bridgehead atoms. The molecule has 1 unspecified atom stereocenters. The molecule has 1 saturated heterocycles. The average Bonchev–Trinajstić information content (AvgIpc) is 2.62. The molecular formula is C19H29N3O2. The van der Waals surface area contributed by atoms with Crippen LogP contribution in [-0.2, 0) is 16.0 Å². The Labute approximate surface area is 144 Å². The van der Waals surface area contributed by atoms with Crippen LogP contribution in [0.5, 0.6) is 0 Å². The molecule has 1 aromatic rings. The summed E-state index contributed by atoms with van der Waals surface area (Å²) < 4.78 is 5.64. The van der Waals surface area contributed by atoms with Gasteiger partial charge in [0.2, 0.25) is 5.91 Å². The van der Waals surface area contributed by atoms with Crippen LogP contribution in [0.4, 0.5) is 0 Å². The van der Waals surface area contributed by atoms with Crippen LogP contribution in [0.2, 0.25) is 0 Å². The molecule has 0 aromatic carbocycles. The fourth-order valence-corrected chi connectivity index (χ4v) is 3.96. The topological polar surface area (TPSA) is 55.3 Å². The van der Waals surface area contributed by atoms with Gasteiger partial charge in [-0.15, -0.1) is 0 Å². The first kappa shape index (κ1) is 17.3. The number of amides is 1. The van der Waals surface area contributed by atoms with Crippen molar-refractivity contribution in [1.29, 1.82) is 0 Å². The molecule has 1 aliphatic heterocycles. The number of carbonyl (C=O) groups is 1. The summed E-state index contributed by atoms with van der Waals surface area (Å²) in [5, 5.41) is 0. The van der Waals surface area contributed by atoms with Gasteiger partial charge in [-0.3, -0.25) is 14.8 Å². The van der Waals surface area contributed by atoms with E-state index in [-0.39, 0.29) is 6.04 Å². The number of aryl methyl sites for hydroxylation is 2. The largest absolute Gasteiger partial charge is 0.377 e. The number of morpholine rings is 1. The Morgan fingerprint density at radius 3 is 2.83 bits per heavy atom. The zero-order valence-corrected chi connectivity index (χ0v) is 14.7. The van der Waals surface area contributed by atoms with Crippen LogP contribution in [0.25, 0.3) is 0 Å². The van der Waals surface area contributed by atoms with E-state index in [0.29, 0.717) is 25.0 Å². The maximum Gasteiger partial charge on any atom is 0.223 e. The second-order valence-corrected chi connectivity index (χ2v) is 7.15. The van der Waals surface area contributed by atoms with E-state index in [4.69, 9.17) is 4.74 Å². The molecule has 0 N–H and O–H groups in total. The molecule has 0 radical (unpaired) electrons. The Bertz CT molecular complexity index is 543. The number of rotatable bonds is 5. The van der Waals surface area contributed by atoms with Crippen molar-refractivity contribution in [3.63, 3.8) is 0 Å². The summed E-state index contributed by atoms with van der Waals surface area (Å²) in [5.41, 5.74) is 2.01. The molecule has 1 aromatic heterocycles. The van der Waals surface area contributed by atoms with E-state index in [2.05, 4.69) is 14.9 Å². The molecule has 1 atom stereocenters. The van der Waals surface area contributed by atoms with E-state index in [1.54, 1.807) is 12.4 Å². The van der Waals surface area contributed by atoms with E-state index < -0.39 is 0 Å². The lowest BCUT2D eigenvalue weighted by molar-refractivity contribution is -0.141. The first-order valence-corrected chi connectivity index (χ1v) is 9.37. The predicted octanol–water partition coefficient (Wildman–Crippen LogP) is 2.92. The molecule has 2 heterocycles. The minimum atomic E-state index is 0.177. The van der Waals surface area contributed by atoms with E-state index in [1.807, 2.05) is 6.92 Å². The minimum absolute atomic E-state index is 0.177. The van der Waals surface area contributed by atoms with Crippen molar-refractivity contribution in [1.82, 2.24) is 14.9 Å². The van der Waals surface area contributed by atoms with E-state index in [0.717, 1.165) is 37.2 Å². The summed E-state index contributed by atoms with van der Waals surface area (Å²) in [7, 11) is 0. The maximum atomic E-state index is 12.8. The molecule has 1 saturated carbocycles. The monoisotopic (exact) mass is 331 g/mol. The maximum absolute atomic E-state index is 12.8. The van der Waals surface area contributed by atoms with Crippen molar-refractivity contribution >= 4 is 5.91 Å². The van der Waals surface area contributed by atoms with Gasteiger partial charge in [-0.2, -0.15) is 0 Å². The number of ether oxygens (including phenoxy) is 1. The highest BCUT2D eigenvalue weighted by Crippen LogP contribution is 2.27. The van der Waals surface area contributed by atoms with Gasteiger partial charge in [0.05, 0.1) is 30.6 Å². The average molecular weight is 331 g/mol. The lowest BCUT2D eigenvalue weighted by Gasteiger charge is -2.37. The molecular weight excluding hydrogens is 302 g/mol. The number of aromatic nitrogens is 2. The standard InChI is InChI=1S/C19H29N3O2/c1-15-18(21-10-9-20-15)8-7-17-14-24-12-11-22(17)19(23)13-16-5-3-2-4-6-16/h9-10,16-17H,2-8,11-14H2,1H3. The third kappa shape index (κ3) is 4.53. The van der Waals surface area contributed by atoms with Crippen molar-refractivity contribution in [2.75, 3.05) is 19.8 Å². The highest BCUT2D eigenvalue weighted by molar-refractivity contribution is 5.77. The lowest BCUT2D eigenvalue weighted by atomic mass is 9.86. The van der Waals surface area contributed by atoms with Gasteiger partial charge in [-0.1, -0.05) is 19.3 Å². The van der Waals surface area contributed by atoms with Crippen molar-refractivity contribution in [2.45, 2.75) is 64.3 Å². The second kappa shape index (κ2) is 8.56. The summed E-state index contributed by atoms with van der Waals surface area (Å²) in [6.07, 6.45) is 12.3. The first-order valence-electron chi connectivity index (χ1n) is 9.37. The van der Waals surface area contributed by atoms with Crippen LogP contribution in [0.15, 0.2) is 12.4 Å². The minimum Gasteiger partial charge on any atom is -0.377 e. The number of nitrogens with zero attached hydrogens (tertiary/aromatic N) is 3. The summed E-state index contributed by atoms with van der Waals surface area (Å²) in [4.78, 5) is 23.6. The third-order valence-corrected chi connectivity index (χ3v) is 5.43. The number of hydrogen-bond donors (Lipinski definition) is 0. The van der Waals surface area contributed by atoms with Crippen LogP contribution in [-0.4, -0.2) is 46.6 Å². The summed E-state index contributed by atoms with van der Waals surface area (Å²) in [5.74, 6) is 0.919. The third-order valence-electron chi connectivity index (χ3n) is 5.43. The van der Waals surface area contributed by atoms with Gasteiger partial charge in [0, 0.05) is 25.4 Å². The quantitative estimate of drug-likeness (QED) is 0.832. The predicted molar refractivity (Wildman–Crippen MR) is 92.6 cm³/mol. The van der Waals surface area contributed by atoms with Crippen molar-refractivity contribution < 1.29 is 9.53 Å². The molecule has 24 heavy (non-hydrogen) atoms. The van der Waals surface area contributed by atoms with Gasteiger partial charge in [-0.25, -0.2) is 0 Å². The van der Waals surface area contributed by atoms with Crippen LogP contribution in [0.1, 0.15) is 56.3 Å². The van der Waals surface area contributed by atoms with Gasteiger partial charge < -0.3 is 9.64 Å². The molecule has 0 spiro atoms. The molecule has 132 valence electrons. The molecule has 5 heteroatoms. The Kier molecular flexibility index (Phi) is 6.18. The molecule has 1 amide bonds. The summed E-state index contributed by atoms with van der Waals surface area (Å²) >= 11 is 0. The summed E-state index contributed by atoms with van der Waals surface area (Å²) in [6.45, 7) is 4.04. The van der Waals surface area contributed by atoms with Crippen LogP contribution in [0.3, 0.4) is 0 Å². The van der Waals surface area contributed by atoms with Crippen molar-refractivity contribution in [3.05, 3.63) is 23.8 Å². The fourth-order valence-electron chi connectivity index (χ4n) is 3.96. The molecule has 2 aliphatic rings. The molecule has 3 rings (SSSR count). The Balaban J connectivity index is 1.56. The van der Waals surface area contributed by atoms with Gasteiger partial charge in [-0.05, 0) is 38.5 Å². The lowest BCUT2D eigenvalue weighted by Crippen LogP contribution is -2.49. The van der Waals surface area contributed by atoms with Crippen LogP contribution >= 0.6 is 0 Å². The number of hydrogen-bond acceptors (Lipinski definition) is 4. The van der Waals surface area contributed by atoms with Gasteiger partial charge in [0.25, 0.3) is 0 Å². The Hall–Kier alpha value is -1.49. The normalized spacial score (nSPS) is 22.5. The zero-order chi connectivity index (χ0) is 16.8. The van der Waals surface area contributed by atoms with E-state index in [9.17, 15) is 4.79 Å². The molecule has 5 nitrogen and oxygen atoms in total. The highest BCUT2D eigenvalue weighted by Gasteiger charge is 2.29. The van der Waals surface area contributed by atoms with Gasteiger partial charge in [0.1, 0.15) is 0 Å². The fraction of sp³-hybridized carbons (Fsp3) is 0.737.